The molecule has 2 unspecified atom stereocenters. The Morgan fingerprint density at radius 2 is 1.82 bits per heavy atom. The van der Waals surface area contributed by atoms with Gasteiger partial charge in [-0.1, -0.05) is 46.0 Å². The van der Waals surface area contributed by atoms with Crippen molar-refractivity contribution in [2.75, 3.05) is 6.61 Å². The average molecular weight is 241 g/mol. The molecule has 1 rings (SSSR count). The highest BCUT2D eigenvalue weighted by atomic mass is 16.5. The van der Waals surface area contributed by atoms with Crippen LogP contribution >= 0.6 is 0 Å². The van der Waals surface area contributed by atoms with Crippen LogP contribution in [0.1, 0.15) is 72.1 Å². The minimum absolute atomic E-state index is 0.00496. The Morgan fingerprint density at radius 3 is 2.35 bits per heavy atom. The molecule has 2 atom stereocenters. The predicted molar refractivity (Wildman–Crippen MR) is 74.1 cm³/mol. The maximum atomic E-state index is 6.48. The van der Waals surface area contributed by atoms with Crippen LogP contribution in [0.3, 0.4) is 0 Å². The summed E-state index contributed by atoms with van der Waals surface area (Å²) in [5.41, 5.74) is 6.47. The van der Waals surface area contributed by atoms with Crippen molar-refractivity contribution in [3.8, 4) is 0 Å². The van der Waals surface area contributed by atoms with Crippen LogP contribution < -0.4 is 5.73 Å². The molecule has 0 aromatic carbocycles. The molecular weight excluding hydrogens is 210 g/mol. The van der Waals surface area contributed by atoms with E-state index in [9.17, 15) is 0 Å². The molecule has 0 saturated heterocycles. The van der Waals surface area contributed by atoms with E-state index in [0.29, 0.717) is 0 Å². The van der Waals surface area contributed by atoms with Crippen LogP contribution in [0, 0.1) is 5.92 Å². The molecule has 0 radical (unpaired) electrons. The number of ether oxygens (including phenoxy) is 1. The average Bonchev–Trinajstić information content (AvgIpc) is 2.30. The molecule has 0 amide bonds. The van der Waals surface area contributed by atoms with E-state index in [4.69, 9.17) is 10.5 Å². The maximum Gasteiger partial charge on any atom is 0.0832 e. The summed E-state index contributed by atoms with van der Waals surface area (Å²) in [5.74, 6) is 0.731. The Bertz CT molecular complexity index is 194. The molecule has 1 saturated carbocycles. The van der Waals surface area contributed by atoms with Gasteiger partial charge in [0.15, 0.2) is 0 Å². The first-order valence-corrected chi connectivity index (χ1v) is 7.54. The Balaban J connectivity index is 2.55. The van der Waals surface area contributed by atoms with Crippen molar-refractivity contribution in [2.24, 2.45) is 11.7 Å². The van der Waals surface area contributed by atoms with Crippen LogP contribution in [0.5, 0.6) is 0 Å². The van der Waals surface area contributed by atoms with Gasteiger partial charge in [0.1, 0.15) is 0 Å². The van der Waals surface area contributed by atoms with Crippen molar-refractivity contribution >= 4 is 0 Å². The molecule has 0 aromatic rings. The van der Waals surface area contributed by atoms with Crippen molar-refractivity contribution in [1.29, 1.82) is 0 Å². The second kappa shape index (κ2) is 7.38. The second-order valence-corrected chi connectivity index (χ2v) is 5.79. The molecular formula is C15H31NO. The van der Waals surface area contributed by atoms with Crippen LogP contribution in [-0.2, 0) is 4.74 Å². The Hall–Kier alpha value is -0.0800. The van der Waals surface area contributed by atoms with E-state index < -0.39 is 0 Å². The zero-order valence-electron chi connectivity index (χ0n) is 12.0. The van der Waals surface area contributed by atoms with Gasteiger partial charge in [-0.25, -0.2) is 0 Å². The summed E-state index contributed by atoms with van der Waals surface area (Å²) in [6, 6.07) is 0.226. The van der Waals surface area contributed by atoms with Crippen molar-refractivity contribution in [2.45, 2.75) is 83.8 Å². The van der Waals surface area contributed by atoms with Gasteiger partial charge in [-0.2, -0.15) is 0 Å². The van der Waals surface area contributed by atoms with E-state index in [0.717, 1.165) is 18.9 Å². The van der Waals surface area contributed by atoms with E-state index in [-0.39, 0.29) is 11.6 Å². The molecule has 2 nitrogen and oxygen atoms in total. The molecule has 0 aliphatic heterocycles. The first-order chi connectivity index (χ1) is 8.14. The minimum atomic E-state index is -0.00496. The van der Waals surface area contributed by atoms with E-state index >= 15 is 0 Å². The van der Waals surface area contributed by atoms with Crippen molar-refractivity contribution in [3.05, 3.63) is 0 Å². The molecule has 0 heterocycles. The summed E-state index contributed by atoms with van der Waals surface area (Å²) in [6.07, 6.45) is 9.93. The van der Waals surface area contributed by atoms with Crippen molar-refractivity contribution in [3.63, 3.8) is 0 Å². The van der Waals surface area contributed by atoms with Crippen molar-refractivity contribution in [1.82, 2.24) is 0 Å². The highest BCUT2D eigenvalue weighted by molar-refractivity contribution is 4.94. The fraction of sp³-hybridized carbons (Fsp3) is 1.00. The zero-order chi connectivity index (χ0) is 12.7. The molecule has 2 heteroatoms. The first-order valence-electron chi connectivity index (χ1n) is 7.54. The van der Waals surface area contributed by atoms with E-state index in [1.54, 1.807) is 0 Å². The van der Waals surface area contributed by atoms with Gasteiger partial charge >= 0.3 is 0 Å². The molecule has 0 aromatic heterocycles. The summed E-state index contributed by atoms with van der Waals surface area (Å²) in [7, 11) is 0. The summed E-state index contributed by atoms with van der Waals surface area (Å²) in [5, 5.41) is 0. The lowest BCUT2D eigenvalue weighted by atomic mass is 9.76. The summed E-state index contributed by atoms with van der Waals surface area (Å²) in [4.78, 5) is 0. The molecule has 1 aliphatic carbocycles. The van der Waals surface area contributed by atoms with Gasteiger partial charge < -0.3 is 10.5 Å². The van der Waals surface area contributed by atoms with Crippen LogP contribution in [-0.4, -0.2) is 18.2 Å². The number of hydrogen-bond acceptors (Lipinski definition) is 2. The number of nitrogens with two attached hydrogens (primary N) is 1. The second-order valence-electron chi connectivity index (χ2n) is 5.79. The Labute approximate surface area is 107 Å². The smallest absolute Gasteiger partial charge is 0.0832 e. The molecule has 17 heavy (non-hydrogen) atoms. The quantitative estimate of drug-likeness (QED) is 0.734. The topological polar surface area (TPSA) is 35.2 Å². The maximum absolute atomic E-state index is 6.48. The lowest BCUT2D eigenvalue weighted by Gasteiger charge is -2.42. The van der Waals surface area contributed by atoms with Crippen molar-refractivity contribution < 1.29 is 4.74 Å². The molecule has 0 bridgehead atoms. The summed E-state index contributed by atoms with van der Waals surface area (Å²) < 4.78 is 6.09. The minimum Gasteiger partial charge on any atom is -0.374 e. The fourth-order valence-corrected chi connectivity index (χ4v) is 3.32. The van der Waals surface area contributed by atoms with E-state index in [2.05, 4.69) is 20.8 Å². The zero-order valence-corrected chi connectivity index (χ0v) is 12.0. The first kappa shape index (κ1) is 15.0. The Morgan fingerprint density at radius 1 is 1.18 bits per heavy atom. The molecule has 102 valence electrons. The SMILES string of the molecule is CCCC(C)CC(N)C1(OCC)CCCCC1. The molecule has 0 spiro atoms. The highest BCUT2D eigenvalue weighted by Gasteiger charge is 2.38. The number of hydrogen-bond donors (Lipinski definition) is 1. The number of rotatable bonds is 7. The normalized spacial score (nSPS) is 23.3. The van der Waals surface area contributed by atoms with Crippen LogP contribution in [0.2, 0.25) is 0 Å². The third kappa shape index (κ3) is 4.26. The lowest BCUT2D eigenvalue weighted by molar-refractivity contribution is -0.0857. The van der Waals surface area contributed by atoms with Gasteiger partial charge in [0.05, 0.1) is 5.60 Å². The molecule has 1 aliphatic rings. The summed E-state index contributed by atoms with van der Waals surface area (Å²) >= 11 is 0. The Kier molecular flexibility index (Phi) is 6.50. The van der Waals surface area contributed by atoms with E-state index in [1.165, 1.54) is 44.9 Å². The van der Waals surface area contributed by atoms with Gasteiger partial charge in [0.25, 0.3) is 0 Å². The van der Waals surface area contributed by atoms with Gasteiger partial charge in [-0.15, -0.1) is 0 Å². The molecule has 1 fully saturated rings. The van der Waals surface area contributed by atoms with Crippen LogP contribution in [0.4, 0.5) is 0 Å². The van der Waals surface area contributed by atoms with E-state index in [1.807, 2.05) is 0 Å². The van der Waals surface area contributed by atoms with Gasteiger partial charge in [-0.3, -0.25) is 0 Å². The van der Waals surface area contributed by atoms with Crippen LogP contribution in [0.25, 0.3) is 0 Å². The summed E-state index contributed by atoms with van der Waals surface area (Å²) in [6.45, 7) is 7.47. The van der Waals surface area contributed by atoms with Crippen LogP contribution in [0.15, 0.2) is 0 Å². The third-order valence-corrected chi connectivity index (χ3v) is 4.25. The van der Waals surface area contributed by atoms with Gasteiger partial charge in [-0.05, 0) is 32.1 Å². The highest BCUT2D eigenvalue weighted by Crippen LogP contribution is 2.36. The fourth-order valence-electron chi connectivity index (χ4n) is 3.32. The van der Waals surface area contributed by atoms with Gasteiger partial charge in [0, 0.05) is 12.6 Å². The largest absolute Gasteiger partial charge is 0.374 e. The predicted octanol–water partition coefficient (Wildman–Crippen LogP) is 3.88. The third-order valence-electron chi connectivity index (χ3n) is 4.25. The molecule has 2 N–H and O–H groups in total. The lowest BCUT2D eigenvalue weighted by Crippen LogP contribution is -2.52. The monoisotopic (exact) mass is 241 g/mol. The van der Waals surface area contributed by atoms with Gasteiger partial charge in [0.2, 0.25) is 0 Å². The standard InChI is InChI=1S/C15H31NO/c1-4-9-13(3)12-14(16)15(17-5-2)10-7-6-8-11-15/h13-14H,4-12,16H2,1-3H3.